The van der Waals surface area contributed by atoms with Crippen LogP contribution in [-0.2, 0) is 0 Å². The van der Waals surface area contributed by atoms with Gasteiger partial charge in [-0.15, -0.1) is 0 Å². The van der Waals surface area contributed by atoms with Gasteiger partial charge in [0.25, 0.3) is 0 Å². The summed E-state index contributed by atoms with van der Waals surface area (Å²) in [5.74, 6) is 0. The molecule has 1 saturated carbocycles. The van der Waals surface area contributed by atoms with Gasteiger partial charge in [0.1, 0.15) is 0 Å². The molecule has 4 N–H and O–H groups in total. The Morgan fingerprint density at radius 2 is 1.43 bits per heavy atom. The van der Waals surface area contributed by atoms with Crippen LogP contribution >= 0.6 is 0 Å². The Labute approximate surface area is 65.9 Å². The van der Waals surface area contributed by atoms with Crippen LogP contribution in [0.5, 0.6) is 0 Å². The molecule has 1 aliphatic rings. The van der Waals surface area contributed by atoms with Crippen LogP contribution in [0.15, 0.2) is 0 Å². The molecule has 0 bridgehead atoms. The molecule has 38 valence electrons. The number of hydrogen-bond donors (Lipinski definition) is 2. The molecule has 0 heterocycles. The summed E-state index contributed by atoms with van der Waals surface area (Å²) in [4.78, 5) is 0. The van der Waals surface area contributed by atoms with Crippen molar-refractivity contribution in [3.8, 4) is 0 Å². The summed E-state index contributed by atoms with van der Waals surface area (Å²) >= 11 is 0. The average Bonchev–Trinajstić information content (AvgIpc) is 1.32. The van der Waals surface area contributed by atoms with Crippen molar-refractivity contribution in [3.05, 3.63) is 0 Å². The molecule has 0 saturated heterocycles. The third-order valence-corrected chi connectivity index (χ3v) is 1.28. The summed E-state index contributed by atoms with van der Waals surface area (Å²) in [7, 11) is 0. The van der Waals surface area contributed by atoms with Crippen molar-refractivity contribution in [3.63, 3.8) is 0 Å². The van der Waals surface area contributed by atoms with Crippen LogP contribution < -0.4 is 11.5 Å². The summed E-state index contributed by atoms with van der Waals surface area (Å²) in [5, 5.41) is 0. The van der Waals surface area contributed by atoms with Gasteiger partial charge in [-0.3, -0.25) is 0 Å². The van der Waals surface area contributed by atoms with Crippen molar-refractivity contribution in [2.75, 3.05) is 0 Å². The third kappa shape index (κ3) is 2.11. The monoisotopic (exact) mass is 110 g/mol. The van der Waals surface area contributed by atoms with Gasteiger partial charge in [-0.05, 0) is 19.3 Å². The molecule has 0 spiro atoms. The van der Waals surface area contributed by atoms with E-state index in [1.165, 1.54) is 6.42 Å². The van der Waals surface area contributed by atoms with E-state index in [0.717, 1.165) is 12.8 Å². The van der Waals surface area contributed by atoms with E-state index in [1.807, 2.05) is 0 Å². The first-order chi connectivity index (χ1) is 2.71. The van der Waals surface area contributed by atoms with Gasteiger partial charge in [0.05, 0.1) is 5.66 Å². The fraction of sp³-hybridized carbons (Fsp3) is 1.00. The normalized spacial score (nSPS) is 24.9. The molecule has 0 aromatic carbocycles. The summed E-state index contributed by atoms with van der Waals surface area (Å²) in [6, 6.07) is 0. The van der Waals surface area contributed by atoms with Crippen LogP contribution in [0.25, 0.3) is 0 Å². The first-order valence-electron chi connectivity index (χ1n) is 2.28. The molecule has 0 aromatic heterocycles. The fourth-order valence-corrected chi connectivity index (χ4v) is 0.585. The van der Waals surface area contributed by atoms with Gasteiger partial charge < -0.3 is 11.5 Å². The van der Waals surface area contributed by atoms with Gasteiger partial charge >= 0.3 is 29.6 Å². The third-order valence-electron chi connectivity index (χ3n) is 1.28. The predicted molar refractivity (Wildman–Crippen MR) is 32.1 cm³/mol. The van der Waals surface area contributed by atoms with Crippen molar-refractivity contribution in [1.82, 2.24) is 0 Å². The molecule has 1 aliphatic carbocycles. The maximum atomic E-state index is 5.40. The van der Waals surface area contributed by atoms with E-state index in [9.17, 15) is 0 Å². The quantitative estimate of drug-likeness (QED) is 0.315. The Hall–Kier alpha value is 0.920. The molecular weight excluding hydrogens is 99.0 g/mol. The zero-order chi connectivity index (χ0) is 4.62. The summed E-state index contributed by atoms with van der Waals surface area (Å²) in [6.07, 6.45) is 3.23. The molecule has 0 amide bonds. The summed E-state index contributed by atoms with van der Waals surface area (Å²) in [6.45, 7) is 0. The van der Waals surface area contributed by atoms with Crippen molar-refractivity contribution in [2.45, 2.75) is 24.9 Å². The molecule has 1 rings (SSSR count). The zero-order valence-corrected chi connectivity index (χ0v) is 3.78. The predicted octanol–water partition coefficient (Wildman–Crippen LogP) is -0.865. The number of nitrogens with two attached hydrogens (primary N) is 2. The van der Waals surface area contributed by atoms with Crippen LogP contribution in [-0.4, -0.2) is 35.2 Å². The second kappa shape index (κ2) is 2.46. The van der Waals surface area contributed by atoms with Gasteiger partial charge in [0.2, 0.25) is 0 Å². The second-order valence-electron chi connectivity index (χ2n) is 2.09. The van der Waals surface area contributed by atoms with Crippen LogP contribution in [0.1, 0.15) is 19.3 Å². The van der Waals surface area contributed by atoms with E-state index in [0.29, 0.717) is 0 Å². The molecule has 0 aliphatic heterocycles. The van der Waals surface area contributed by atoms with E-state index >= 15 is 0 Å². The molecule has 0 radical (unpaired) electrons. The number of rotatable bonds is 0. The van der Waals surface area contributed by atoms with Gasteiger partial charge in [-0.1, -0.05) is 0 Å². The first kappa shape index (κ1) is 7.92. The minimum absolute atomic E-state index is 0. The molecule has 2 nitrogen and oxygen atoms in total. The molecule has 0 unspecified atom stereocenters. The van der Waals surface area contributed by atoms with Crippen molar-refractivity contribution >= 4 is 29.6 Å². The van der Waals surface area contributed by atoms with Crippen molar-refractivity contribution in [2.24, 2.45) is 11.5 Å². The Morgan fingerprint density at radius 1 is 1.14 bits per heavy atom. The van der Waals surface area contributed by atoms with E-state index in [1.54, 1.807) is 0 Å². The Balaban J connectivity index is 0.000000360. The molecule has 0 atom stereocenters. The van der Waals surface area contributed by atoms with Gasteiger partial charge in [0, 0.05) is 0 Å². The van der Waals surface area contributed by atoms with E-state index in [4.69, 9.17) is 11.5 Å². The molecule has 7 heavy (non-hydrogen) atoms. The van der Waals surface area contributed by atoms with Crippen molar-refractivity contribution in [1.29, 1.82) is 0 Å². The van der Waals surface area contributed by atoms with Crippen LogP contribution in [0.3, 0.4) is 0 Å². The van der Waals surface area contributed by atoms with Gasteiger partial charge in [-0.25, -0.2) is 0 Å². The molecule has 0 aromatic rings. The minimum atomic E-state index is -0.278. The Bertz CT molecular complexity index is 56.7. The standard InChI is InChI=1S/C4H10N2.Na.H/c5-4(6)2-1-3-4;;/h1-3,5-6H2;;. The second-order valence-corrected chi connectivity index (χ2v) is 2.09. The summed E-state index contributed by atoms with van der Waals surface area (Å²) < 4.78 is 0. The fourth-order valence-electron chi connectivity index (χ4n) is 0.585. The average molecular weight is 110 g/mol. The Kier molecular flexibility index (Phi) is 2.79. The molecule has 1 fully saturated rings. The van der Waals surface area contributed by atoms with Crippen LogP contribution in [0, 0.1) is 0 Å². The maximum absolute atomic E-state index is 5.40. The summed E-state index contributed by atoms with van der Waals surface area (Å²) in [5.41, 5.74) is 10.5. The molecule has 3 heteroatoms. The first-order valence-corrected chi connectivity index (χ1v) is 2.28. The Morgan fingerprint density at radius 3 is 1.43 bits per heavy atom. The van der Waals surface area contributed by atoms with Crippen LogP contribution in [0.4, 0.5) is 0 Å². The zero-order valence-electron chi connectivity index (χ0n) is 3.78. The van der Waals surface area contributed by atoms with Gasteiger partial charge in [0.15, 0.2) is 0 Å². The van der Waals surface area contributed by atoms with Crippen molar-refractivity contribution < 1.29 is 0 Å². The molecular formula is C4H11N2Na. The number of hydrogen-bond acceptors (Lipinski definition) is 2. The topological polar surface area (TPSA) is 52.0 Å². The van der Waals surface area contributed by atoms with E-state index < -0.39 is 0 Å². The van der Waals surface area contributed by atoms with Gasteiger partial charge in [-0.2, -0.15) is 0 Å². The SMILES string of the molecule is NC1(N)CCC1.[NaH]. The van der Waals surface area contributed by atoms with Crippen LogP contribution in [0.2, 0.25) is 0 Å². The van der Waals surface area contributed by atoms with E-state index in [2.05, 4.69) is 0 Å². The van der Waals surface area contributed by atoms with E-state index in [-0.39, 0.29) is 35.2 Å².